The molecule has 0 bridgehead atoms. The zero-order chi connectivity index (χ0) is 19.9. The van der Waals surface area contributed by atoms with E-state index in [2.05, 4.69) is 15.4 Å². The first-order valence-corrected chi connectivity index (χ1v) is 10.8. The number of hydrogen-bond acceptors (Lipinski definition) is 5. The predicted octanol–water partition coefficient (Wildman–Crippen LogP) is 2.67. The molecule has 7 nitrogen and oxygen atoms in total. The highest BCUT2D eigenvalue weighted by atomic mass is 32.2. The van der Waals surface area contributed by atoms with E-state index < -0.39 is 10.0 Å². The Kier molecular flexibility index (Phi) is 7.40. The first-order valence-electron chi connectivity index (χ1n) is 8.11. The lowest BCUT2D eigenvalue weighted by Crippen LogP contribution is -2.27. The van der Waals surface area contributed by atoms with Crippen LogP contribution >= 0.6 is 11.8 Å². The number of carbonyl (C=O) groups is 2. The molecular formula is C18H21N3O4S2. The van der Waals surface area contributed by atoms with Crippen molar-refractivity contribution in [3.63, 3.8) is 0 Å². The van der Waals surface area contributed by atoms with E-state index in [4.69, 9.17) is 0 Å². The molecule has 0 saturated carbocycles. The van der Waals surface area contributed by atoms with Gasteiger partial charge < -0.3 is 10.6 Å². The molecular weight excluding hydrogens is 386 g/mol. The van der Waals surface area contributed by atoms with Gasteiger partial charge in [-0.05, 0) is 48.7 Å². The summed E-state index contributed by atoms with van der Waals surface area (Å²) in [5.41, 5.74) is 1.18. The van der Waals surface area contributed by atoms with E-state index in [0.29, 0.717) is 11.4 Å². The van der Waals surface area contributed by atoms with Gasteiger partial charge in [-0.15, -0.1) is 11.8 Å². The number of benzene rings is 2. The molecule has 0 saturated heterocycles. The Labute approximate surface area is 163 Å². The minimum Gasteiger partial charge on any atom is -0.326 e. The molecule has 0 radical (unpaired) electrons. The Morgan fingerprint density at radius 3 is 2.33 bits per heavy atom. The van der Waals surface area contributed by atoms with Gasteiger partial charge in [-0.3, -0.25) is 9.59 Å². The van der Waals surface area contributed by atoms with Crippen molar-refractivity contribution in [2.75, 3.05) is 23.4 Å². The molecule has 27 heavy (non-hydrogen) atoms. The van der Waals surface area contributed by atoms with E-state index in [1.165, 1.54) is 31.2 Å². The van der Waals surface area contributed by atoms with Gasteiger partial charge in [0.2, 0.25) is 21.8 Å². The van der Waals surface area contributed by atoms with Gasteiger partial charge in [0.25, 0.3) is 0 Å². The average molecular weight is 408 g/mol. The lowest BCUT2D eigenvalue weighted by molar-refractivity contribution is -0.116. The van der Waals surface area contributed by atoms with Gasteiger partial charge in [0, 0.05) is 36.2 Å². The Bertz CT molecular complexity index is 912. The van der Waals surface area contributed by atoms with Gasteiger partial charge >= 0.3 is 0 Å². The van der Waals surface area contributed by atoms with Crippen LogP contribution in [0.2, 0.25) is 0 Å². The van der Waals surface area contributed by atoms with Gasteiger partial charge in [-0.25, -0.2) is 13.1 Å². The zero-order valence-corrected chi connectivity index (χ0v) is 16.6. The Balaban J connectivity index is 1.87. The second-order valence-electron chi connectivity index (χ2n) is 5.63. The topological polar surface area (TPSA) is 104 Å². The molecule has 9 heteroatoms. The average Bonchev–Trinajstić information content (AvgIpc) is 2.61. The van der Waals surface area contributed by atoms with Crippen molar-refractivity contribution >= 4 is 45.0 Å². The number of nitrogens with one attached hydrogen (secondary N) is 3. The number of anilines is 2. The first-order chi connectivity index (χ1) is 12.8. The first kappa shape index (κ1) is 20.9. The van der Waals surface area contributed by atoms with Gasteiger partial charge in [0.15, 0.2) is 0 Å². The van der Waals surface area contributed by atoms with E-state index in [0.717, 1.165) is 4.90 Å². The van der Waals surface area contributed by atoms with Gasteiger partial charge in [-0.1, -0.05) is 6.07 Å². The number of amides is 2. The fourth-order valence-electron chi connectivity index (χ4n) is 2.23. The van der Waals surface area contributed by atoms with Crippen LogP contribution in [0.1, 0.15) is 13.3 Å². The van der Waals surface area contributed by atoms with E-state index in [-0.39, 0.29) is 29.7 Å². The zero-order valence-electron chi connectivity index (χ0n) is 15.0. The van der Waals surface area contributed by atoms with Crippen molar-refractivity contribution in [2.45, 2.75) is 23.1 Å². The standard InChI is InChI=1S/C18H21N3O4S2/c1-13(22)20-14-6-8-17(9-7-14)27(24,25)19-11-10-18(23)21-15-4-3-5-16(12-15)26-2/h3-9,12,19H,10-11H2,1-2H3,(H,20,22)(H,21,23). The molecule has 3 N–H and O–H groups in total. The van der Waals surface area contributed by atoms with Crippen LogP contribution < -0.4 is 15.4 Å². The summed E-state index contributed by atoms with van der Waals surface area (Å²) in [5, 5.41) is 5.31. The molecule has 0 atom stereocenters. The third-order valence-electron chi connectivity index (χ3n) is 3.48. The molecule has 2 amide bonds. The number of carbonyl (C=O) groups excluding carboxylic acids is 2. The van der Waals surface area contributed by atoms with Crippen molar-refractivity contribution in [3.05, 3.63) is 48.5 Å². The highest BCUT2D eigenvalue weighted by molar-refractivity contribution is 7.98. The molecule has 0 spiro atoms. The summed E-state index contributed by atoms with van der Waals surface area (Å²) in [6.07, 6.45) is 1.95. The quantitative estimate of drug-likeness (QED) is 0.584. The Morgan fingerprint density at radius 1 is 1.00 bits per heavy atom. The monoisotopic (exact) mass is 407 g/mol. The van der Waals surface area contributed by atoms with E-state index in [9.17, 15) is 18.0 Å². The minimum atomic E-state index is -3.73. The number of rotatable bonds is 8. The molecule has 2 rings (SSSR count). The summed E-state index contributed by atoms with van der Waals surface area (Å²) in [4.78, 5) is 24.1. The van der Waals surface area contributed by atoms with Crippen molar-refractivity contribution in [1.82, 2.24) is 4.72 Å². The summed E-state index contributed by atoms with van der Waals surface area (Å²) in [6.45, 7) is 1.35. The van der Waals surface area contributed by atoms with Crippen LogP contribution in [0.3, 0.4) is 0 Å². The van der Waals surface area contributed by atoms with Crippen LogP contribution in [-0.2, 0) is 19.6 Å². The maximum absolute atomic E-state index is 12.3. The number of sulfonamides is 1. The van der Waals surface area contributed by atoms with Crippen molar-refractivity contribution in [2.24, 2.45) is 0 Å². The fraction of sp³-hybridized carbons (Fsp3) is 0.222. The van der Waals surface area contributed by atoms with Crippen LogP contribution in [0.4, 0.5) is 11.4 Å². The van der Waals surface area contributed by atoms with Crippen molar-refractivity contribution in [1.29, 1.82) is 0 Å². The molecule has 0 aliphatic heterocycles. The highest BCUT2D eigenvalue weighted by Crippen LogP contribution is 2.19. The van der Waals surface area contributed by atoms with Crippen LogP contribution in [0.15, 0.2) is 58.3 Å². The summed E-state index contributed by atoms with van der Waals surface area (Å²) < 4.78 is 26.9. The van der Waals surface area contributed by atoms with Crippen LogP contribution in [-0.4, -0.2) is 33.0 Å². The Morgan fingerprint density at radius 2 is 1.70 bits per heavy atom. The van der Waals surface area contributed by atoms with Gasteiger partial charge in [0.1, 0.15) is 0 Å². The Hall–Kier alpha value is -2.36. The van der Waals surface area contributed by atoms with E-state index >= 15 is 0 Å². The molecule has 2 aromatic carbocycles. The second kappa shape index (κ2) is 9.54. The maximum atomic E-state index is 12.3. The SMILES string of the molecule is CSc1cccc(NC(=O)CCNS(=O)(=O)c2ccc(NC(C)=O)cc2)c1. The summed E-state index contributed by atoms with van der Waals surface area (Å²) in [7, 11) is -3.73. The molecule has 0 aromatic heterocycles. The third kappa shape index (κ3) is 6.70. The van der Waals surface area contributed by atoms with Gasteiger partial charge in [0.05, 0.1) is 4.90 Å². The lowest BCUT2D eigenvalue weighted by Gasteiger charge is -2.09. The molecule has 144 valence electrons. The summed E-state index contributed by atoms with van der Waals surface area (Å²) in [5.74, 6) is -0.519. The summed E-state index contributed by atoms with van der Waals surface area (Å²) >= 11 is 1.57. The van der Waals surface area contributed by atoms with Crippen LogP contribution in [0.25, 0.3) is 0 Å². The van der Waals surface area contributed by atoms with E-state index in [1.807, 2.05) is 24.5 Å². The molecule has 0 aliphatic carbocycles. The van der Waals surface area contributed by atoms with Crippen molar-refractivity contribution < 1.29 is 18.0 Å². The smallest absolute Gasteiger partial charge is 0.240 e. The second-order valence-corrected chi connectivity index (χ2v) is 8.28. The molecule has 0 aliphatic rings. The van der Waals surface area contributed by atoms with E-state index in [1.54, 1.807) is 17.8 Å². The predicted molar refractivity (Wildman–Crippen MR) is 107 cm³/mol. The molecule has 0 fully saturated rings. The minimum absolute atomic E-state index is 0.00665. The maximum Gasteiger partial charge on any atom is 0.240 e. The third-order valence-corrected chi connectivity index (χ3v) is 5.68. The normalized spacial score (nSPS) is 11.0. The molecule has 0 heterocycles. The molecule has 0 unspecified atom stereocenters. The van der Waals surface area contributed by atoms with Gasteiger partial charge in [-0.2, -0.15) is 0 Å². The lowest BCUT2D eigenvalue weighted by atomic mass is 10.3. The highest BCUT2D eigenvalue weighted by Gasteiger charge is 2.14. The van der Waals surface area contributed by atoms with Crippen LogP contribution in [0, 0.1) is 0 Å². The summed E-state index contributed by atoms with van der Waals surface area (Å²) in [6, 6.07) is 13.2. The van der Waals surface area contributed by atoms with Crippen molar-refractivity contribution in [3.8, 4) is 0 Å². The largest absolute Gasteiger partial charge is 0.326 e. The molecule has 2 aromatic rings. The number of thioether (sulfide) groups is 1. The number of hydrogen-bond donors (Lipinski definition) is 3. The fourth-order valence-corrected chi connectivity index (χ4v) is 3.72. The van der Waals surface area contributed by atoms with Crippen LogP contribution in [0.5, 0.6) is 0 Å².